The van der Waals surface area contributed by atoms with Crippen molar-refractivity contribution < 1.29 is 9.53 Å². The summed E-state index contributed by atoms with van der Waals surface area (Å²) in [6.07, 6.45) is 2.14. The maximum Gasteiger partial charge on any atom is 0.321 e. The van der Waals surface area contributed by atoms with E-state index >= 15 is 0 Å². The molecule has 2 aromatic carbocycles. The molecule has 1 aliphatic rings. The first-order chi connectivity index (χ1) is 13.7. The third-order valence-electron chi connectivity index (χ3n) is 4.58. The Morgan fingerprint density at radius 1 is 1.14 bits per heavy atom. The summed E-state index contributed by atoms with van der Waals surface area (Å²) in [6, 6.07) is 15.4. The molecule has 1 heterocycles. The van der Waals surface area contributed by atoms with Crippen LogP contribution in [0.5, 0.6) is 0 Å². The molecule has 1 fully saturated rings. The molecule has 0 saturated carbocycles. The van der Waals surface area contributed by atoms with E-state index in [-0.39, 0.29) is 6.03 Å². The van der Waals surface area contributed by atoms with Gasteiger partial charge >= 0.3 is 6.03 Å². The predicted octanol–water partition coefficient (Wildman–Crippen LogP) is 3.39. The minimum absolute atomic E-state index is 0.0471. The second kappa shape index (κ2) is 9.75. The SMILES string of the molecule is COCc1ccccc1NC(N)=NCc1cccc(NC(=O)N2CCCC2)c1. The number of ether oxygens (including phenoxy) is 1. The van der Waals surface area contributed by atoms with Gasteiger partial charge in [0.15, 0.2) is 5.96 Å². The van der Waals surface area contributed by atoms with Crippen molar-refractivity contribution >= 4 is 23.4 Å². The highest BCUT2D eigenvalue weighted by atomic mass is 16.5. The van der Waals surface area contributed by atoms with Crippen molar-refractivity contribution in [3.05, 3.63) is 59.7 Å². The smallest absolute Gasteiger partial charge is 0.321 e. The normalized spacial score (nSPS) is 14.2. The van der Waals surface area contributed by atoms with E-state index in [9.17, 15) is 4.79 Å². The molecule has 0 unspecified atom stereocenters. The van der Waals surface area contributed by atoms with Gasteiger partial charge in [-0.25, -0.2) is 9.79 Å². The molecule has 7 nitrogen and oxygen atoms in total. The van der Waals surface area contributed by atoms with E-state index in [1.165, 1.54) is 0 Å². The Morgan fingerprint density at radius 3 is 2.71 bits per heavy atom. The van der Waals surface area contributed by atoms with E-state index in [1.807, 2.05) is 53.4 Å². The number of nitrogens with two attached hydrogens (primary N) is 1. The zero-order valence-corrected chi connectivity index (χ0v) is 16.1. The van der Waals surface area contributed by atoms with Crippen LogP contribution in [0.1, 0.15) is 24.0 Å². The first-order valence-corrected chi connectivity index (χ1v) is 9.44. The lowest BCUT2D eigenvalue weighted by atomic mass is 10.2. The van der Waals surface area contributed by atoms with Crippen LogP contribution in [0.2, 0.25) is 0 Å². The number of amides is 2. The monoisotopic (exact) mass is 381 g/mol. The second-order valence-corrected chi connectivity index (χ2v) is 6.74. The zero-order chi connectivity index (χ0) is 19.8. The van der Waals surface area contributed by atoms with Gasteiger partial charge in [-0.2, -0.15) is 0 Å². The van der Waals surface area contributed by atoms with Gasteiger partial charge in [-0.1, -0.05) is 30.3 Å². The minimum atomic E-state index is -0.0471. The first-order valence-electron chi connectivity index (χ1n) is 9.44. The number of benzene rings is 2. The number of hydrogen-bond acceptors (Lipinski definition) is 3. The van der Waals surface area contributed by atoms with Crippen LogP contribution in [0.4, 0.5) is 16.2 Å². The second-order valence-electron chi connectivity index (χ2n) is 6.74. The number of methoxy groups -OCH3 is 1. The molecule has 3 rings (SSSR count). The molecule has 7 heteroatoms. The molecule has 1 aliphatic heterocycles. The summed E-state index contributed by atoms with van der Waals surface area (Å²) in [5.41, 5.74) is 9.66. The van der Waals surface area contributed by atoms with Crippen molar-refractivity contribution in [1.29, 1.82) is 0 Å². The zero-order valence-electron chi connectivity index (χ0n) is 16.1. The number of carbonyl (C=O) groups excluding carboxylic acids is 1. The molecular weight excluding hydrogens is 354 g/mol. The molecule has 0 atom stereocenters. The summed E-state index contributed by atoms with van der Waals surface area (Å²) < 4.78 is 5.20. The van der Waals surface area contributed by atoms with Gasteiger partial charge in [-0.3, -0.25) is 0 Å². The maximum absolute atomic E-state index is 12.2. The lowest BCUT2D eigenvalue weighted by Gasteiger charge is -2.16. The van der Waals surface area contributed by atoms with Crippen LogP contribution in [0.25, 0.3) is 0 Å². The Kier molecular flexibility index (Phi) is 6.86. The van der Waals surface area contributed by atoms with Crippen molar-refractivity contribution in [2.24, 2.45) is 10.7 Å². The van der Waals surface area contributed by atoms with Gasteiger partial charge in [0.2, 0.25) is 0 Å². The number of likely N-dealkylation sites (tertiary alicyclic amines) is 1. The van der Waals surface area contributed by atoms with Crippen LogP contribution in [-0.2, 0) is 17.9 Å². The van der Waals surface area contributed by atoms with Crippen LogP contribution >= 0.6 is 0 Å². The molecule has 2 amide bonds. The number of hydrogen-bond donors (Lipinski definition) is 3. The van der Waals surface area contributed by atoms with Gasteiger partial charge in [0, 0.05) is 37.1 Å². The van der Waals surface area contributed by atoms with Gasteiger partial charge in [0.25, 0.3) is 0 Å². The number of anilines is 2. The summed E-state index contributed by atoms with van der Waals surface area (Å²) in [6.45, 7) is 2.55. The number of para-hydroxylation sites is 1. The van der Waals surface area contributed by atoms with Crippen LogP contribution in [0.3, 0.4) is 0 Å². The molecular formula is C21H27N5O2. The van der Waals surface area contributed by atoms with Crippen molar-refractivity contribution in [1.82, 2.24) is 4.90 Å². The number of aliphatic imine (C=N–C) groups is 1. The quantitative estimate of drug-likeness (QED) is 0.528. The third-order valence-corrected chi connectivity index (χ3v) is 4.58. The molecule has 0 bridgehead atoms. The lowest BCUT2D eigenvalue weighted by molar-refractivity contribution is 0.185. The van der Waals surface area contributed by atoms with Gasteiger partial charge in [0.1, 0.15) is 0 Å². The Balaban J connectivity index is 1.59. The molecule has 148 valence electrons. The average molecular weight is 381 g/mol. The number of carbonyl (C=O) groups is 1. The highest BCUT2D eigenvalue weighted by Crippen LogP contribution is 2.17. The average Bonchev–Trinajstić information content (AvgIpc) is 3.23. The lowest BCUT2D eigenvalue weighted by Crippen LogP contribution is -2.32. The van der Waals surface area contributed by atoms with E-state index in [0.29, 0.717) is 19.1 Å². The first kappa shape index (κ1) is 19.7. The van der Waals surface area contributed by atoms with Gasteiger partial charge in [-0.15, -0.1) is 0 Å². The summed E-state index contributed by atoms with van der Waals surface area (Å²) >= 11 is 0. The summed E-state index contributed by atoms with van der Waals surface area (Å²) in [5, 5.41) is 6.07. The maximum atomic E-state index is 12.2. The van der Waals surface area contributed by atoms with Crippen LogP contribution in [0, 0.1) is 0 Å². The van der Waals surface area contributed by atoms with Crippen molar-refractivity contribution in [3.63, 3.8) is 0 Å². The van der Waals surface area contributed by atoms with E-state index < -0.39 is 0 Å². The Morgan fingerprint density at radius 2 is 1.93 bits per heavy atom. The van der Waals surface area contributed by atoms with Gasteiger partial charge in [-0.05, 0) is 36.6 Å². The fourth-order valence-corrected chi connectivity index (χ4v) is 3.15. The molecule has 2 aromatic rings. The van der Waals surface area contributed by atoms with Crippen molar-refractivity contribution in [2.45, 2.75) is 26.0 Å². The molecule has 28 heavy (non-hydrogen) atoms. The topological polar surface area (TPSA) is 92.0 Å². The molecule has 1 saturated heterocycles. The number of urea groups is 1. The number of nitrogens with one attached hydrogen (secondary N) is 2. The Bertz CT molecular complexity index is 831. The number of guanidine groups is 1. The molecule has 0 spiro atoms. The molecule has 4 N–H and O–H groups in total. The van der Waals surface area contributed by atoms with Crippen LogP contribution < -0.4 is 16.4 Å². The Labute approximate surface area is 165 Å². The van der Waals surface area contributed by atoms with Crippen molar-refractivity contribution in [3.8, 4) is 0 Å². The summed E-state index contributed by atoms with van der Waals surface area (Å²) in [7, 11) is 1.66. The molecule has 0 aromatic heterocycles. The van der Waals surface area contributed by atoms with E-state index in [4.69, 9.17) is 10.5 Å². The van der Waals surface area contributed by atoms with E-state index in [1.54, 1.807) is 7.11 Å². The largest absolute Gasteiger partial charge is 0.380 e. The standard InChI is InChI=1S/C21H27N5O2/c1-28-15-17-8-2-3-10-19(17)25-20(22)23-14-16-7-6-9-18(13-16)24-21(27)26-11-4-5-12-26/h2-3,6-10,13H,4-5,11-12,14-15H2,1H3,(H,24,27)(H3,22,23,25). The molecule has 0 radical (unpaired) electrons. The summed E-state index contributed by atoms with van der Waals surface area (Å²) in [5.74, 6) is 0.329. The van der Waals surface area contributed by atoms with E-state index in [2.05, 4.69) is 15.6 Å². The van der Waals surface area contributed by atoms with Gasteiger partial charge in [0.05, 0.1) is 13.2 Å². The fourth-order valence-electron chi connectivity index (χ4n) is 3.15. The third kappa shape index (κ3) is 5.47. The molecule has 0 aliphatic carbocycles. The van der Waals surface area contributed by atoms with Gasteiger partial charge < -0.3 is 26.0 Å². The van der Waals surface area contributed by atoms with Crippen molar-refractivity contribution in [2.75, 3.05) is 30.8 Å². The minimum Gasteiger partial charge on any atom is -0.380 e. The highest BCUT2D eigenvalue weighted by molar-refractivity contribution is 5.93. The number of rotatable bonds is 6. The summed E-state index contributed by atoms with van der Waals surface area (Å²) in [4.78, 5) is 18.5. The number of nitrogens with zero attached hydrogens (tertiary/aromatic N) is 2. The van der Waals surface area contributed by atoms with Crippen LogP contribution in [0.15, 0.2) is 53.5 Å². The van der Waals surface area contributed by atoms with E-state index in [0.717, 1.165) is 48.4 Å². The Hall–Kier alpha value is -3.06. The highest BCUT2D eigenvalue weighted by Gasteiger charge is 2.17. The predicted molar refractivity (Wildman–Crippen MR) is 112 cm³/mol. The van der Waals surface area contributed by atoms with Crippen LogP contribution in [-0.4, -0.2) is 37.1 Å². The fraction of sp³-hybridized carbons (Fsp3) is 0.333.